The molecule has 1 aliphatic rings. The Hall–Kier alpha value is -3.40. The highest BCUT2D eigenvalue weighted by molar-refractivity contribution is 6.07. The minimum Gasteiger partial charge on any atom is -0.346 e. The molecular weight excluding hydrogens is 372 g/mol. The number of rotatable bonds is 4. The van der Waals surface area contributed by atoms with Crippen LogP contribution < -0.4 is 10.2 Å². The highest BCUT2D eigenvalue weighted by Gasteiger charge is 2.24. The molecule has 0 fully saturated rings. The molecular formula is C26H26N2O2. The van der Waals surface area contributed by atoms with E-state index in [1.807, 2.05) is 91.5 Å². The van der Waals surface area contributed by atoms with Crippen LogP contribution in [0.3, 0.4) is 0 Å². The molecule has 2 amide bonds. The molecule has 4 nitrogen and oxygen atoms in total. The molecule has 4 heteroatoms. The predicted octanol–water partition coefficient (Wildman–Crippen LogP) is 5.08. The normalized spacial score (nSPS) is 14.0. The third-order valence-corrected chi connectivity index (χ3v) is 5.62. The number of nitrogens with one attached hydrogen (secondary N) is 1. The Bertz CT molecular complexity index is 1080. The van der Waals surface area contributed by atoms with Crippen molar-refractivity contribution in [3.63, 3.8) is 0 Å². The number of hydrogen-bond acceptors (Lipinski definition) is 2. The average Bonchev–Trinajstić information content (AvgIpc) is 2.78. The molecule has 0 aliphatic carbocycles. The van der Waals surface area contributed by atoms with Gasteiger partial charge in [-0.25, -0.2) is 0 Å². The van der Waals surface area contributed by atoms with Gasteiger partial charge in [0.1, 0.15) is 0 Å². The molecule has 1 atom stereocenters. The van der Waals surface area contributed by atoms with Gasteiger partial charge in [-0.2, -0.15) is 0 Å². The van der Waals surface area contributed by atoms with Crippen molar-refractivity contribution in [2.45, 2.75) is 32.7 Å². The van der Waals surface area contributed by atoms with Gasteiger partial charge >= 0.3 is 0 Å². The van der Waals surface area contributed by atoms with E-state index in [-0.39, 0.29) is 17.9 Å². The lowest BCUT2D eigenvalue weighted by Gasteiger charge is -2.30. The van der Waals surface area contributed by atoms with Gasteiger partial charge in [-0.1, -0.05) is 48.0 Å². The van der Waals surface area contributed by atoms with Crippen molar-refractivity contribution in [1.29, 1.82) is 0 Å². The van der Waals surface area contributed by atoms with Crippen LogP contribution in [-0.4, -0.2) is 18.4 Å². The third-order valence-electron chi connectivity index (χ3n) is 5.62. The van der Waals surface area contributed by atoms with E-state index < -0.39 is 0 Å². The Kier molecular flexibility index (Phi) is 5.66. The SMILES string of the molecule is Cc1cccc(C(=O)N2CCCc3cc(C(=O)N[C@@H](C)c4ccccc4)ccc32)c1. The zero-order valence-corrected chi connectivity index (χ0v) is 17.4. The van der Waals surface area contributed by atoms with Crippen LogP contribution in [0.5, 0.6) is 0 Å². The largest absolute Gasteiger partial charge is 0.346 e. The summed E-state index contributed by atoms with van der Waals surface area (Å²) in [6, 6.07) is 23.2. The second kappa shape index (κ2) is 8.54. The first kappa shape index (κ1) is 19.9. The van der Waals surface area contributed by atoms with Crippen LogP contribution in [0.1, 0.15) is 56.8 Å². The lowest BCUT2D eigenvalue weighted by atomic mass is 9.97. The number of benzene rings is 3. The minimum atomic E-state index is -0.101. The van der Waals surface area contributed by atoms with Gasteiger partial charge in [-0.15, -0.1) is 0 Å². The van der Waals surface area contributed by atoms with Crippen LogP contribution in [0.15, 0.2) is 72.8 Å². The summed E-state index contributed by atoms with van der Waals surface area (Å²) in [6.45, 7) is 4.66. The number of anilines is 1. The molecule has 0 bridgehead atoms. The quantitative estimate of drug-likeness (QED) is 0.666. The molecule has 0 radical (unpaired) electrons. The first-order valence-electron chi connectivity index (χ1n) is 10.4. The lowest BCUT2D eigenvalue weighted by Crippen LogP contribution is -2.35. The maximum absolute atomic E-state index is 13.1. The smallest absolute Gasteiger partial charge is 0.258 e. The summed E-state index contributed by atoms with van der Waals surface area (Å²) in [5.74, 6) is -0.0918. The van der Waals surface area contributed by atoms with Crippen molar-refractivity contribution in [2.24, 2.45) is 0 Å². The molecule has 3 aromatic rings. The summed E-state index contributed by atoms with van der Waals surface area (Å²) >= 11 is 0. The van der Waals surface area contributed by atoms with Crippen molar-refractivity contribution in [3.8, 4) is 0 Å². The summed E-state index contributed by atoms with van der Waals surface area (Å²) in [4.78, 5) is 27.7. The van der Waals surface area contributed by atoms with Crippen LogP contribution >= 0.6 is 0 Å². The maximum Gasteiger partial charge on any atom is 0.258 e. The summed E-state index contributed by atoms with van der Waals surface area (Å²) in [6.07, 6.45) is 1.75. The highest BCUT2D eigenvalue weighted by atomic mass is 16.2. The van der Waals surface area contributed by atoms with Crippen LogP contribution in [0.4, 0.5) is 5.69 Å². The molecule has 0 spiro atoms. The Balaban J connectivity index is 1.54. The Morgan fingerprint density at radius 2 is 1.73 bits per heavy atom. The van der Waals surface area contributed by atoms with Crippen LogP contribution in [-0.2, 0) is 6.42 Å². The van der Waals surface area contributed by atoms with Crippen LogP contribution in [0, 0.1) is 6.92 Å². The second-order valence-electron chi connectivity index (χ2n) is 7.88. The molecule has 0 saturated heterocycles. The molecule has 1 N–H and O–H groups in total. The summed E-state index contributed by atoms with van der Waals surface area (Å²) in [5, 5.41) is 3.07. The second-order valence-corrected chi connectivity index (χ2v) is 7.88. The van der Waals surface area contributed by atoms with E-state index in [9.17, 15) is 9.59 Å². The number of carbonyl (C=O) groups is 2. The van der Waals surface area contributed by atoms with Gasteiger partial charge in [-0.3, -0.25) is 9.59 Å². The lowest BCUT2D eigenvalue weighted by molar-refractivity contribution is 0.0939. The molecule has 0 saturated carbocycles. The van der Waals surface area contributed by atoms with Gasteiger partial charge in [0.05, 0.1) is 6.04 Å². The van der Waals surface area contributed by atoms with Crippen molar-refractivity contribution in [2.75, 3.05) is 11.4 Å². The van der Waals surface area contributed by atoms with E-state index in [0.29, 0.717) is 17.7 Å². The van der Waals surface area contributed by atoms with E-state index in [0.717, 1.165) is 35.2 Å². The van der Waals surface area contributed by atoms with Crippen molar-refractivity contribution >= 4 is 17.5 Å². The summed E-state index contributed by atoms with van der Waals surface area (Å²) in [7, 11) is 0. The van der Waals surface area contributed by atoms with Crippen LogP contribution in [0.25, 0.3) is 0 Å². The molecule has 152 valence electrons. The van der Waals surface area contributed by atoms with Crippen molar-refractivity contribution < 1.29 is 9.59 Å². The number of carbonyl (C=O) groups excluding carboxylic acids is 2. The number of aryl methyl sites for hydroxylation is 2. The fourth-order valence-corrected chi connectivity index (χ4v) is 3.99. The van der Waals surface area contributed by atoms with Gasteiger partial charge in [-0.05, 0) is 68.1 Å². The molecule has 0 aromatic heterocycles. The average molecular weight is 399 g/mol. The van der Waals surface area contributed by atoms with E-state index in [1.165, 1.54) is 0 Å². The van der Waals surface area contributed by atoms with Gasteiger partial charge < -0.3 is 10.2 Å². The zero-order valence-electron chi connectivity index (χ0n) is 17.4. The fourth-order valence-electron chi connectivity index (χ4n) is 3.99. The number of nitrogens with zero attached hydrogens (tertiary/aromatic N) is 1. The van der Waals surface area contributed by atoms with Gasteiger partial charge in [0.2, 0.25) is 0 Å². The van der Waals surface area contributed by atoms with E-state index in [4.69, 9.17) is 0 Å². The van der Waals surface area contributed by atoms with Gasteiger partial charge in [0.25, 0.3) is 11.8 Å². The maximum atomic E-state index is 13.1. The Morgan fingerprint density at radius 1 is 0.933 bits per heavy atom. The monoisotopic (exact) mass is 398 g/mol. The highest BCUT2D eigenvalue weighted by Crippen LogP contribution is 2.30. The van der Waals surface area contributed by atoms with Crippen molar-refractivity contribution in [3.05, 3.63) is 101 Å². The molecule has 1 heterocycles. The van der Waals surface area contributed by atoms with E-state index in [1.54, 1.807) is 0 Å². The topological polar surface area (TPSA) is 49.4 Å². The summed E-state index contributed by atoms with van der Waals surface area (Å²) < 4.78 is 0. The number of amides is 2. The van der Waals surface area contributed by atoms with Gasteiger partial charge in [0.15, 0.2) is 0 Å². The Labute approximate surface area is 177 Å². The van der Waals surface area contributed by atoms with Crippen molar-refractivity contribution in [1.82, 2.24) is 5.32 Å². The van der Waals surface area contributed by atoms with E-state index >= 15 is 0 Å². The molecule has 3 aromatic carbocycles. The first-order chi connectivity index (χ1) is 14.5. The number of hydrogen-bond donors (Lipinski definition) is 1. The molecule has 30 heavy (non-hydrogen) atoms. The molecule has 1 aliphatic heterocycles. The van der Waals surface area contributed by atoms with Crippen LogP contribution in [0.2, 0.25) is 0 Å². The third kappa shape index (κ3) is 4.13. The number of fused-ring (bicyclic) bond motifs is 1. The zero-order chi connectivity index (χ0) is 21.1. The standard InChI is InChI=1S/C26H26N2O2/c1-18-8-6-11-23(16-18)26(30)28-15-7-12-21-17-22(13-14-24(21)28)25(29)27-19(2)20-9-4-3-5-10-20/h3-6,8-11,13-14,16-17,19H,7,12,15H2,1-2H3,(H,27,29)/t19-/m0/s1. The summed E-state index contributed by atoms with van der Waals surface area (Å²) in [5.41, 5.74) is 5.40. The minimum absolute atomic E-state index is 0.00884. The fraction of sp³-hybridized carbons (Fsp3) is 0.231. The predicted molar refractivity (Wildman–Crippen MR) is 120 cm³/mol. The Morgan fingerprint density at radius 3 is 2.50 bits per heavy atom. The van der Waals surface area contributed by atoms with Gasteiger partial charge in [0, 0.05) is 23.4 Å². The molecule has 0 unspecified atom stereocenters. The first-order valence-corrected chi connectivity index (χ1v) is 10.4. The molecule has 4 rings (SSSR count). The van der Waals surface area contributed by atoms with E-state index in [2.05, 4.69) is 5.32 Å².